The Balaban J connectivity index is 2.07. The van der Waals surface area contributed by atoms with E-state index in [9.17, 15) is 9.59 Å². The van der Waals surface area contributed by atoms with Gasteiger partial charge in [-0.2, -0.15) is 0 Å². The van der Waals surface area contributed by atoms with E-state index in [1.165, 1.54) is 0 Å². The second-order valence-electron chi connectivity index (χ2n) is 6.71. The molecular formula is C22H24O4. The molecule has 2 aromatic carbocycles. The second-order valence-corrected chi connectivity index (χ2v) is 6.71. The zero-order chi connectivity index (χ0) is 19.3. The molecule has 1 unspecified atom stereocenters. The molecule has 0 saturated heterocycles. The van der Waals surface area contributed by atoms with E-state index >= 15 is 0 Å². The van der Waals surface area contributed by atoms with Gasteiger partial charge in [-0.1, -0.05) is 42.0 Å². The van der Waals surface area contributed by atoms with Crippen LogP contribution in [0.4, 0.5) is 0 Å². The van der Waals surface area contributed by atoms with Crippen molar-refractivity contribution >= 4 is 11.9 Å². The monoisotopic (exact) mass is 352 g/mol. The third-order valence-electron chi connectivity index (χ3n) is 4.27. The Morgan fingerprint density at radius 3 is 1.73 bits per heavy atom. The number of hydrogen-bond donors (Lipinski definition) is 0. The molecule has 0 N–H and O–H groups in total. The molecule has 0 aliphatic rings. The Bertz CT molecular complexity index is 803. The van der Waals surface area contributed by atoms with Gasteiger partial charge in [0.05, 0.1) is 11.1 Å². The Labute approximate surface area is 154 Å². The van der Waals surface area contributed by atoms with Gasteiger partial charge in [0.25, 0.3) is 0 Å². The molecule has 2 aromatic rings. The van der Waals surface area contributed by atoms with Crippen LogP contribution in [0.5, 0.6) is 0 Å². The van der Waals surface area contributed by atoms with Crippen LogP contribution in [0.3, 0.4) is 0 Å². The van der Waals surface area contributed by atoms with E-state index in [4.69, 9.17) is 9.47 Å². The van der Waals surface area contributed by atoms with Gasteiger partial charge in [0.1, 0.15) is 6.61 Å². The number of esters is 2. The van der Waals surface area contributed by atoms with Crippen molar-refractivity contribution in [3.05, 3.63) is 82.9 Å². The predicted octanol–water partition coefficient (Wildman–Crippen LogP) is 4.65. The third kappa shape index (κ3) is 4.82. The summed E-state index contributed by atoms with van der Waals surface area (Å²) in [7, 11) is 0. The largest absolute Gasteiger partial charge is 0.457 e. The van der Waals surface area contributed by atoms with Crippen LogP contribution in [0.2, 0.25) is 0 Å². The summed E-state index contributed by atoms with van der Waals surface area (Å²) < 4.78 is 11.0. The summed E-state index contributed by atoms with van der Waals surface area (Å²) in [4.78, 5) is 24.7. The molecule has 0 amide bonds. The summed E-state index contributed by atoms with van der Waals surface area (Å²) in [5.74, 6) is -0.953. The Morgan fingerprint density at radius 2 is 1.31 bits per heavy atom. The minimum absolute atomic E-state index is 0.105. The van der Waals surface area contributed by atoms with Gasteiger partial charge in [-0.05, 0) is 57.5 Å². The molecule has 2 rings (SSSR count). The molecular weight excluding hydrogens is 328 g/mol. The first-order valence-electron chi connectivity index (χ1n) is 8.41. The molecule has 4 heteroatoms. The highest BCUT2D eigenvalue weighted by Crippen LogP contribution is 2.23. The van der Waals surface area contributed by atoms with Crippen LogP contribution < -0.4 is 0 Å². The second kappa shape index (κ2) is 8.00. The minimum atomic E-state index is -1.11. The van der Waals surface area contributed by atoms with E-state index in [0.717, 1.165) is 11.1 Å². The van der Waals surface area contributed by atoms with E-state index < -0.39 is 17.5 Å². The molecule has 26 heavy (non-hydrogen) atoms. The van der Waals surface area contributed by atoms with Crippen molar-refractivity contribution in [2.45, 2.75) is 33.3 Å². The maximum atomic E-state index is 12.4. The summed E-state index contributed by atoms with van der Waals surface area (Å²) >= 11 is 0. The number of rotatable bonds is 6. The summed E-state index contributed by atoms with van der Waals surface area (Å²) in [5, 5.41) is 0. The van der Waals surface area contributed by atoms with Gasteiger partial charge in [-0.3, -0.25) is 0 Å². The van der Waals surface area contributed by atoms with Gasteiger partial charge in [-0.25, -0.2) is 9.59 Å². The van der Waals surface area contributed by atoms with Crippen molar-refractivity contribution in [2.24, 2.45) is 0 Å². The van der Waals surface area contributed by atoms with Gasteiger partial charge < -0.3 is 9.47 Å². The molecule has 4 nitrogen and oxygen atoms in total. The third-order valence-corrected chi connectivity index (χ3v) is 4.27. The average Bonchev–Trinajstić information content (AvgIpc) is 2.60. The molecule has 0 saturated carbocycles. The van der Waals surface area contributed by atoms with E-state index in [1.807, 2.05) is 38.1 Å². The van der Waals surface area contributed by atoms with Crippen LogP contribution in [0.15, 0.2) is 60.7 Å². The van der Waals surface area contributed by atoms with Crippen LogP contribution in [0, 0.1) is 13.8 Å². The molecule has 0 spiro atoms. The van der Waals surface area contributed by atoms with Gasteiger partial charge in [0.15, 0.2) is 5.60 Å². The van der Waals surface area contributed by atoms with Crippen molar-refractivity contribution in [3.63, 3.8) is 0 Å². The molecule has 1 atom stereocenters. The first-order valence-corrected chi connectivity index (χ1v) is 8.41. The number of benzene rings is 2. The Hall–Kier alpha value is -2.88. The van der Waals surface area contributed by atoms with Crippen LogP contribution in [0.1, 0.15) is 45.7 Å². The van der Waals surface area contributed by atoms with E-state index in [0.29, 0.717) is 16.7 Å². The quantitative estimate of drug-likeness (QED) is 0.561. The standard InChI is InChI=1S/C22H24O4/c1-15(2)22(5,26-21(24)19-12-8-17(4)9-13-19)14-25-20(23)18-10-6-16(3)7-11-18/h6-13H,1,14H2,2-5H3. The van der Waals surface area contributed by atoms with E-state index in [1.54, 1.807) is 38.1 Å². The number of ether oxygens (including phenoxy) is 2. The zero-order valence-electron chi connectivity index (χ0n) is 15.7. The van der Waals surface area contributed by atoms with Gasteiger partial charge in [0.2, 0.25) is 0 Å². The van der Waals surface area contributed by atoms with Crippen molar-refractivity contribution in [2.75, 3.05) is 6.61 Å². The Morgan fingerprint density at radius 1 is 0.885 bits per heavy atom. The maximum Gasteiger partial charge on any atom is 0.339 e. The fourth-order valence-electron chi connectivity index (χ4n) is 2.17. The van der Waals surface area contributed by atoms with E-state index in [2.05, 4.69) is 6.58 Å². The van der Waals surface area contributed by atoms with Crippen molar-refractivity contribution in [3.8, 4) is 0 Å². The van der Waals surface area contributed by atoms with Crippen LogP contribution in [0.25, 0.3) is 0 Å². The number of carbonyl (C=O) groups is 2. The summed E-state index contributed by atoms with van der Waals surface area (Å²) in [6.45, 7) is 11.1. The SMILES string of the molecule is C=C(C)C(C)(COC(=O)c1ccc(C)cc1)OC(=O)c1ccc(C)cc1. The first-order chi connectivity index (χ1) is 12.2. The molecule has 0 heterocycles. The van der Waals surface area contributed by atoms with Gasteiger partial charge in [-0.15, -0.1) is 0 Å². The number of hydrogen-bond acceptors (Lipinski definition) is 4. The minimum Gasteiger partial charge on any atom is -0.457 e. The number of carbonyl (C=O) groups excluding carboxylic acids is 2. The Kier molecular flexibility index (Phi) is 5.98. The molecule has 0 aromatic heterocycles. The molecule has 136 valence electrons. The van der Waals surface area contributed by atoms with Gasteiger partial charge in [0, 0.05) is 0 Å². The highest BCUT2D eigenvalue weighted by molar-refractivity contribution is 5.90. The maximum absolute atomic E-state index is 12.4. The van der Waals surface area contributed by atoms with E-state index in [-0.39, 0.29) is 6.61 Å². The van der Waals surface area contributed by atoms with Crippen LogP contribution >= 0.6 is 0 Å². The molecule has 0 fully saturated rings. The van der Waals surface area contributed by atoms with Gasteiger partial charge >= 0.3 is 11.9 Å². The lowest BCUT2D eigenvalue weighted by Gasteiger charge is -2.29. The van der Waals surface area contributed by atoms with Crippen molar-refractivity contribution in [1.29, 1.82) is 0 Å². The van der Waals surface area contributed by atoms with Crippen molar-refractivity contribution < 1.29 is 19.1 Å². The lowest BCUT2D eigenvalue weighted by molar-refractivity contribution is -0.0286. The summed E-state index contributed by atoms with van der Waals surface area (Å²) in [5.41, 5.74) is 2.48. The average molecular weight is 352 g/mol. The number of aryl methyl sites for hydroxylation is 2. The summed E-state index contributed by atoms with van der Waals surface area (Å²) in [6.07, 6.45) is 0. The molecule has 0 aliphatic carbocycles. The topological polar surface area (TPSA) is 52.6 Å². The van der Waals surface area contributed by atoms with Crippen molar-refractivity contribution in [1.82, 2.24) is 0 Å². The fourth-order valence-corrected chi connectivity index (χ4v) is 2.17. The summed E-state index contributed by atoms with van der Waals surface area (Å²) in [6, 6.07) is 14.2. The highest BCUT2D eigenvalue weighted by Gasteiger charge is 2.32. The lowest BCUT2D eigenvalue weighted by Crippen LogP contribution is -2.38. The molecule has 0 aliphatic heterocycles. The first kappa shape index (κ1) is 19.4. The normalized spacial score (nSPS) is 12.8. The fraction of sp³-hybridized carbons (Fsp3) is 0.273. The smallest absolute Gasteiger partial charge is 0.339 e. The molecule has 0 bridgehead atoms. The lowest BCUT2D eigenvalue weighted by atomic mass is 9.99. The van der Waals surface area contributed by atoms with Crippen LogP contribution in [-0.2, 0) is 9.47 Å². The zero-order valence-corrected chi connectivity index (χ0v) is 15.7. The highest BCUT2D eigenvalue weighted by atomic mass is 16.6. The van der Waals surface area contributed by atoms with Crippen LogP contribution in [-0.4, -0.2) is 24.1 Å². The predicted molar refractivity (Wildman–Crippen MR) is 101 cm³/mol. The molecule has 0 radical (unpaired) electrons.